The quantitative estimate of drug-likeness (QED) is 0.937. The zero-order valence-electron chi connectivity index (χ0n) is 11.3. The van der Waals surface area contributed by atoms with Crippen LogP contribution in [0.4, 0.5) is 8.78 Å². The Bertz CT molecular complexity index is 639. The molecule has 0 atom stereocenters. The van der Waals surface area contributed by atoms with Gasteiger partial charge < -0.3 is 15.0 Å². The highest BCUT2D eigenvalue weighted by atomic mass is 19.2. The molecule has 1 aliphatic rings. The monoisotopic (exact) mass is 295 g/mol. The van der Waals surface area contributed by atoms with Crippen LogP contribution in [0, 0.1) is 11.6 Å². The van der Waals surface area contributed by atoms with Gasteiger partial charge in [0.1, 0.15) is 0 Å². The zero-order valence-corrected chi connectivity index (χ0v) is 11.3. The van der Waals surface area contributed by atoms with Gasteiger partial charge in [-0.3, -0.25) is 0 Å². The molecular formula is C14H15F2N3O2. The molecule has 0 amide bonds. The summed E-state index contributed by atoms with van der Waals surface area (Å²) in [6, 6.07) is 3.49. The summed E-state index contributed by atoms with van der Waals surface area (Å²) in [7, 11) is 0. The van der Waals surface area contributed by atoms with E-state index >= 15 is 0 Å². The number of hydrogen-bond donors (Lipinski definition) is 1. The lowest BCUT2D eigenvalue weighted by Gasteiger charge is -2.32. The van der Waals surface area contributed by atoms with Gasteiger partial charge in [0.15, 0.2) is 11.6 Å². The van der Waals surface area contributed by atoms with Crippen molar-refractivity contribution in [3.8, 4) is 11.4 Å². The molecule has 3 rings (SSSR count). The molecule has 1 saturated heterocycles. The molecule has 0 spiro atoms. The van der Waals surface area contributed by atoms with Gasteiger partial charge in [0.05, 0.1) is 5.41 Å². The first-order valence-electron chi connectivity index (χ1n) is 6.72. The summed E-state index contributed by atoms with van der Waals surface area (Å²) < 4.78 is 36.9. The fourth-order valence-electron chi connectivity index (χ4n) is 2.46. The second-order valence-electron chi connectivity index (χ2n) is 5.15. The lowest BCUT2D eigenvalue weighted by atomic mass is 9.80. The molecule has 1 aromatic carbocycles. The summed E-state index contributed by atoms with van der Waals surface area (Å²) in [5.41, 5.74) is 5.83. The third-order valence-electron chi connectivity index (χ3n) is 3.90. The number of nitrogens with two attached hydrogens (primary N) is 1. The summed E-state index contributed by atoms with van der Waals surface area (Å²) in [5, 5.41) is 3.85. The number of rotatable bonds is 3. The predicted octanol–water partition coefficient (Wildman–Crippen LogP) is 2.02. The van der Waals surface area contributed by atoms with Crippen LogP contribution in [0.15, 0.2) is 22.7 Å². The normalized spacial score (nSPS) is 17.9. The van der Waals surface area contributed by atoms with E-state index in [-0.39, 0.29) is 5.82 Å². The molecule has 1 aliphatic heterocycles. The molecule has 2 heterocycles. The predicted molar refractivity (Wildman–Crippen MR) is 70.4 cm³/mol. The van der Waals surface area contributed by atoms with E-state index in [0.29, 0.717) is 44.1 Å². The van der Waals surface area contributed by atoms with Crippen LogP contribution >= 0.6 is 0 Å². The molecule has 0 bridgehead atoms. The zero-order chi connectivity index (χ0) is 14.9. The van der Waals surface area contributed by atoms with Crippen molar-refractivity contribution in [2.45, 2.75) is 18.3 Å². The third-order valence-corrected chi connectivity index (χ3v) is 3.90. The van der Waals surface area contributed by atoms with E-state index in [9.17, 15) is 8.78 Å². The summed E-state index contributed by atoms with van der Waals surface area (Å²) in [4.78, 5) is 4.32. The molecule has 112 valence electrons. The lowest BCUT2D eigenvalue weighted by molar-refractivity contribution is 0.0409. The van der Waals surface area contributed by atoms with Gasteiger partial charge in [-0.1, -0.05) is 5.16 Å². The molecule has 2 aromatic rings. The molecule has 21 heavy (non-hydrogen) atoms. The Morgan fingerprint density at radius 3 is 2.62 bits per heavy atom. The van der Waals surface area contributed by atoms with Crippen LogP contribution in [0.25, 0.3) is 11.4 Å². The van der Waals surface area contributed by atoms with Gasteiger partial charge in [-0.05, 0) is 31.0 Å². The van der Waals surface area contributed by atoms with E-state index in [0.717, 1.165) is 12.1 Å². The van der Waals surface area contributed by atoms with Crippen molar-refractivity contribution in [3.05, 3.63) is 35.7 Å². The van der Waals surface area contributed by atoms with Crippen molar-refractivity contribution in [1.82, 2.24) is 10.1 Å². The van der Waals surface area contributed by atoms with Gasteiger partial charge in [-0.25, -0.2) is 8.78 Å². The minimum Gasteiger partial charge on any atom is -0.381 e. The Hall–Kier alpha value is -1.86. The van der Waals surface area contributed by atoms with E-state index in [1.54, 1.807) is 0 Å². The van der Waals surface area contributed by atoms with Crippen molar-refractivity contribution in [2.75, 3.05) is 19.8 Å². The maximum atomic E-state index is 13.3. The fourth-order valence-corrected chi connectivity index (χ4v) is 2.46. The van der Waals surface area contributed by atoms with E-state index in [1.165, 1.54) is 6.07 Å². The first-order valence-corrected chi connectivity index (χ1v) is 6.72. The number of aromatic nitrogens is 2. The maximum absolute atomic E-state index is 13.3. The van der Waals surface area contributed by atoms with Crippen molar-refractivity contribution in [2.24, 2.45) is 5.73 Å². The lowest BCUT2D eigenvalue weighted by Crippen LogP contribution is -2.40. The van der Waals surface area contributed by atoms with Crippen LogP contribution in [0.3, 0.4) is 0 Å². The Morgan fingerprint density at radius 2 is 1.95 bits per heavy atom. The average Bonchev–Trinajstić information content (AvgIpc) is 3.01. The van der Waals surface area contributed by atoms with E-state index < -0.39 is 17.0 Å². The molecule has 0 aliphatic carbocycles. The SMILES string of the molecule is NCC1(c2nc(-c3ccc(F)c(F)c3)no2)CCOCC1. The molecular weight excluding hydrogens is 280 g/mol. The molecule has 2 N–H and O–H groups in total. The largest absolute Gasteiger partial charge is 0.381 e. The van der Waals surface area contributed by atoms with Gasteiger partial charge >= 0.3 is 0 Å². The number of ether oxygens (including phenoxy) is 1. The van der Waals surface area contributed by atoms with Crippen LogP contribution in [-0.2, 0) is 10.2 Å². The molecule has 1 aromatic heterocycles. The molecule has 7 heteroatoms. The van der Waals surface area contributed by atoms with E-state index in [2.05, 4.69) is 10.1 Å². The maximum Gasteiger partial charge on any atom is 0.234 e. The second-order valence-corrected chi connectivity index (χ2v) is 5.15. The van der Waals surface area contributed by atoms with Gasteiger partial charge in [-0.15, -0.1) is 0 Å². The fraction of sp³-hybridized carbons (Fsp3) is 0.429. The number of nitrogens with zero attached hydrogens (tertiary/aromatic N) is 2. The minimum absolute atomic E-state index is 0.225. The third kappa shape index (κ3) is 2.54. The summed E-state index contributed by atoms with van der Waals surface area (Å²) in [5.74, 6) is -1.21. The summed E-state index contributed by atoms with van der Waals surface area (Å²) >= 11 is 0. The Balaban J connectivity index is 1.93. The van der Waals surface area contributed by atoms with Gasteiger partial charge in [-0.2, -0.15) is 4.98 Å². The molecule has 1 fully saturated rings. The van der Waals surface area contributed by atoms with Crippen LogP contribution in [0.5, 0.6) is 0 Å². The Kier molecular flexibility index (Phi) is 3.69. The standard InChI is InChI=1S/C14H15F2N3O2/c15-10-2-1-9(7-11(10)16)12-18-13(21-19-12)14(8-17)3-5-20-6-4-14/h1-2,7H,3-6,8,17H2. The topological polar surface area (TPSA) is 74.2 Å². The molecule has 0 radical (unpaired) electrons. The number of benzene rings is 1. The highest BCUT2D eigenvalue weighted by molar-refractivity contribution is 5.54. The second kappa shape index (κ2) is 5.50. The number of halogens is 2. The van der Waals surface area contributed by atoms with E-state index in [4.69, 9.17) is 15.0 Å². The summed E-state index contributed by atoms with van der Waals surface area (Å²) in [6.45, 7) is 1.54. The highest BCUT2D eigenvalue weighted by Crippen LogP contribution is 2.33. The van der Waals surface area contributed by atoms with Crippen LogP contribution in [0.1, 0.15) is 18.7 Å². The smallest absolute Gasteiger partial charge is 0.234 e. The van der Waals surface area contributed by atoms with E-state index in [1.807, 2.05) is 0 Å². The molecule has 0 saturated carbocycles. The summed E-state index contributed by atoms with van der Waals surface area (Å²) in [6.07, 6.45) is 1.39. The van der Waals surface area contributed by atoms with Crippen molar-refractivity contribution in [3.63, 3.8) is 0 Å². The van der Waals surface area contributed by atoms with Crippen molar-refractivity contribution < 1.29 is 18.0 Å². The molecule has 5 nitrogen and oxygen atoms in total. The average molecular weight is 295 g/mol. The highest BCUT2D eigenvalue weighted by Gasteiger charge is 2.38. The van der Waals surface area contributed by atoms with Crippen molar-refractivity contribution in [1.29, 1.82) is 0 Å². The van der Waals surface area contributed by atoms with Crippen molar-refractivity contribution >= 4 is 0 Å². The Labute approximate surface area is 120 Å². The first-order chi connectivity index (χ1) is 10.1. The minimum atomic E-state index is -0.946. The van der Waals surface area contributed by atoms with Gasteiger partial charge in [0, 0.05) is 25.3 Å². The van der Waals surface area contributed by atoms with Crippen LogP contribution in [0.2, 0.25) is 0 Å². The molecule has 0 unspecified atom stereocenters. The van der Waals surface area contributed by atoms with Gasteiger partial charge in [0.25, 0.3) is 0 Å². The van der Waals surface area contributed by atoms with Gasteiger partial charge in [0.2, 0.25) is 11.7 Å². The first kappa shape index (κ1) is 14.1. The van der Waals surface area contributed by atoms with Crippen LogP contribution in [-0.4, -0.2) is 29.9 Å². The van der Waals surface area contributed by atoms with Crippen LogP contribution < -0.4 is 5.73 Å². The Morgan fingerprint density at radius 1 is 1.19 bits per heavy atom. The number of hydrogen-bond acceptors (Lipinski definition) is 5.